The van der Waals surface area contributed by atoms with Crippen molar-refractivity contribution in [3.05, 3.63) is 39.9 Å². The molecule has 0 bridgehead atoms. The van der Waals surface area contributed by atoms with Crippen LogP contribution in [0.15, 0.2) is 24.3 Å². The summed E-state index contributed by atoms with van der Waals surface area (Å²) in [4.78, 5) is 21.2. The number of para-hydroxylation sites is 1. The van der Waals surface area contributed by atoms with Crippen molar-refractivity contribution >= 4 is 11.7 Å². The van der Waals surface area contributed by atoms with E-state index in [1.165, 1.54) is 24.3 Å². The molecule has 6 heteroatoms. The molecule has 0 aliphatic heterocycles. The van der Waals surface area contributed by atoms with Crippen molar-refractivity contribution in [1.29, 1.82) is 0 Å². The molecule has 1 atom stereocenters. The van der Waals surface area contributed by atoms with Crippen LogP contribution in [0.2, 0.25) is 0 Å². The summed E-state index contributed by atoms with van der Waals surface area (Å²) in [5.74, 6) is -0.892. The van der Waals surface area contributed by atoms with Gasteiger partial charge in [0.1, 0.15) is 0 Å². The van der Waals surface area contributed by atoms with Gasteiger partial charge in [0.05, 0.1) is 17.1 Å². The zero-order valence-electron chi connectivity index (χ0n) is 8.62. The van der Waals surface area contributed by atoms with Gasteiger partial charge in [0.15, 0.2) is 6.10 Å². The molecule has 0 amide bonds. The molecule has 1 N–H and O–H groups in total. The third-order valence-corrected chi connectivity index (χ3v) is 1.94. The average molecular weight is 225 g/mol. The number of rotatable bonds is 4. The zero-order valence-corrected chi connectivity index (χ0v) is 8.62. The van der Waals surface area contributed by atoms with Crippen molar-refractivity contribution in [2.24, 2.45) is 0 Å². The number of carbonyl (C=O) groups excluding carboxylic acids is 1. The summed E-state index contributed by atoms with van der Waals surface area (Å²) in [6.07, 6.45) is -1.62. The monoisotopic (exact) mass is 225 g/mol. The quantitative estimate of drug-likeness (QED) is 0.472. The number of nitrogens with zero attached hydrogens (tertiary/aromatic N) is 1. The molecule has 6 nitrogen and oxygen atoms in total. The summed E-state index contributed by atoms with van der Waals surface area (Å²) in [5.41, 5.74) is -0.367. The number of esters is 1. The van der Waals surface area contributed by atoms with E-state index in [2.05, 4.69) is 4.74 Å². The first-order valence-electron chi connectivity index (χ1n) is 4.66. The van der Waals surface area contributed by atoms with Gasteiger partial charge < -0.3 is 9.84 Å². The molecule has 0 spiro atoms. The van der Waals surface area contributed by atoms with Crippen molar-refractivity contribution in [3.8, 4) is 0 Å². The number of hydrogen-bond donors (Lipinski definition) is 1. The first-order chi connectivity index (χ1) is 7.57. The fourth-order valence-corrected chi connectivity index (χ4v) is 1.23. The molecule has 1 rings (SSSR count). The molecule has 1 aromatic rings. The fourth-order valence-electron chi connectivity index (χ4n) is 1.23. The molecular weight excluding hydrogens is 214 g/mol. The molecule has 86 valence electrons. The van der Waals surface area contributed by atoms with E-state index in [-0.39, 0.29) is 17.9 Å². The third kappa shape index (κ3) is 2.54. The second-order valence-electron chi connectivity index (χ2n) is 2.97. The van der Waals surface area contributed by atoms with Crippen LogP contribution < -0.4 is 0 Å². The molecule has 1 aromatic carbocycles. The Balaban J connectivity index is 3.03. The number of nitro benzene ring substituents is 1. The predicted molar refractivity (Wildman–Crippen MR) is 54.7 cm³/mol. The van der Waals surface area contributed by atoms with Crippen LogP contribution >= 0.6 is 0 Å². The van der Waals surface area contributed by atoms with Gasteiger partial charge in [0.2, 0.25) is 0 Å². The molecule has 0 heterocycles. The smallest absolute Gasteiger partial charge is 0.339 e. The lowest BCUT2D eigenvalue weighted by Gasteiger charge is -2.09. The highest BCUT2D eigenvalue weighted by Gasteiger charge is 2.26. The van der Waals surface area contributed by atoms with E-state index in [4.69, 9.17) is 0 Å². The Morgan fingerprint density at radius 2 is 2.19 bits per heavy atom. The van der Waals surface area contributed by atoms with Gasteiger partial charge in [0, 0.05) is 6.07 Å². The number of carbonyl (C=O) groups is 1. The van der Waals surface area contributed by atoms with Gasteiger partial charge in [0.25, 0.3) is 5.69 Å². The molecule has 0 aromatic heterocycles. The van der Waals surface area contributed by atoms with Crippen LogP contribution in [0, 0.1) is 10.1 Å². The molecule has 1 unspecified atom stereocenters. The number of hydrogen-bond acceptors (Lipinski definition) is 5. The van der Waals surface area contributed by atoms with Gasteiger partial charge in [-0.1, -0.05) is 12.1 Å². The van der Waals surface area contributed by atoms with Crippen molar-refractivity contribution in [3.63, 3.8) is 0 Å². The van der Waals surface area contributed by atoms with Gasteiger partial charge in [-0.2, -0.15) is 0 Å². The highest BCUT2D eigenvalue weighted by molar-refractivity contribution is 5.77. The Bertz CT molecular complexity index is 404. The Labute approximate surface area is 91.6 Å². The minimum atomic E-state index is -1.62. The SMILES string of the molecule is CCOC(=O)C(O)c1ccccc1[N+](=O)[O-]. The van der Waals surface area contributed by atoms with Gasteiger partial charge in [-0.3, -0.25) is 10.1 Å². The number of aliphatic hydroxyl groups excluding tert-OH is 1. The lowest BCUT2D eigenvalue weighted by molar-refractivity contribution is -0.386. The minimum Gasteiger partial charge on any atom is -0.464 e. The second-order valence-corrected chi connectivity index (χ2v) is 2.97. The van der Waals surface area contributed by atoms with Crippen LogP contribution in [0.4, 0.5) is 5.69 Å². The summed E-state index contributed by atoms with van der Waals surface area (Å²) in [6.45, 7) is 1.69. The Morgan fingerprint density at radius 1 is 1.56 bits per heavy atom. The summed E-state index contributed by atoms with van der Waals surface area (Å²) in [6, 6.07) is 5.50. The summed E-state index contributed by atoms with van der Waals surface area (Å²) < 4.78 is 4.58. The van der Waals surface area contributed by atoms with Gasteiger partial charge in [-0.15, -0.1) is 0 Å². The molecule has 0 fully saturated rings. The molecule has 0 radical (unpaired) electrons. The fraction of sp³-hybridized carbons (Fsp3) is 0.300. The summed E-state index contributed by atoms with van der Waals surface area (Å²) in [5, 5.41) is 20.2. The lowest BCUT2D eigenvalue weighted by Crippen LogP contribution is -2.16. The van der Waals surface area contributed by atoms with Crippen LogP contribution in [0.1, 0.15) is 18.6 Å². The van der Waals surface area contributed by atoms with E-state index in [0.29, 0.717) is 0 Å². The maximum atomic E-state index is 11.2. The van der Waals surface area contributed by atoms with Crippen LogP contribution in [-0.2, 0) is 9.53 Å². The summed E-state index contributed by atoms with van der Waals surface area (Å²) >= 11 is 0. The second kappa shape index (κ2) is 5.22. The number of aliphatic hydroxyl groups is 1. The number of ether oxygens (including phenoxy) is 1. The Morgan fingerprint density at radius 3 is 2.75 bits per heavy atom. The molecular formula is C10H11NO5. The van der Waals surface area contributed by atoms with E-state index in [1.807, 2.05) is 0 Å². The van der Waals surface area contributed by atoms with Crippen LogP contribution in [0.5, 0.6) is 0 Å². The standard InChI is InChI=1S/C10H11NO5/c1-2-16-10(13)9(12)7-5-3-4-6-8(7)11(14)15/h3-6,9,12H,2H2,1H3. The van der Waals surface area contributed by atoms with Gasteiger partial charge in [-0.05, 0) is 13.0 Å². The summed E-state index contributed by atoms with van der Waals surface area (Å²) in [7, 11) is 0. The number of nitro groups is 1. The largest absolute Gasteiger partial charge is 0.464 e. The van der Waals surface area contributed by atoms with Crippen molar-refractivity contribution in [2.45, 2.75) is 13.0 Å². The molecule has 16 heavy (non-hydrogen) atoms. The zero-order chi connectivity index (χ0) is 12.1. The van der Waals surface area contributed by atoms with E-state index < -0.39 is 17.0 Å². The molecule has 0 saturated heterocycles. The average Bonchev–Trinajstić information content (AvgIpc) is 2.28. The third-order valence-electron chi connectivity index (χ3n) is 1.94. The van der Waals surface area contributed by atoms with Crippen molar-refractivity contribution in [1.82, 2.24) is 0 Å². The highest BCUT2D eigenvalue weighted by atomic mass is 16.6. The topological polar surface area (TPSA) is 89.7 Å². The molecule has 0 aliphatic carbocycles. The Kier molecular flexibility index (Phi) is 3.96. The first kappa shape index (κ1) is 12.1. The number of benzene rings is 1. The van der Waals surface area contributed by atoms with Gasteiger partial charge >= 0.3 is 5.97 Å². The minimum absolute atomic E-state index is 0.0639. The molecule has 0 aliphatic rings. The van der Waals surface area contributed by atoms with E-state index in [0.717, 1.165) is 0 Å². The van der Waals surface area contributed by atoms with Crippen molar-refractivity contribution < 1.29 is 19.6 Å². The van der Waals surface area contributed by atoms with E-state index in [1.54, 1.807) is 6.92 Å². The van der Waals surface area contributed by atoms with Crippen molar-refractivity contribution in [2.75, 3.05) is 6.61 Å². The van der Waals surface area contributed by atoms with E-state index in [9.17, 15) is 20.0 Å². The predicted octanol–water partition coefficient (Wildman–Crippen LogP) is 1.19. The van der Waals surface area contributed by atoms with Gasteiger partial charge in [-0.25, -0.2) is 4.79 Å². The van der Waals surface area contributed by atoms with Crippen LogP contribution in [0.25, 0.3) is 0 Å². The lowest BCUT2D eigenvalue weighted by atomic mass is 10.1. The first-order valence-corrected chi connectivity index (χ1v) is 4.66. The van der Waals surface area contributed by atoms with E-state index >= 15 is 0 Å². The highest BCUT2D eigenvalue weighted by Crippen LogP contribution is 2.25. The van der Waals surface area contributed by atoms with Crippen LogP contribution in [-0.4, -0.2) is 22.6 Å². The van der Waals surface area contributed by atoms with Crippen LogP contribution in [0.3, 0.4) is 0 Å². The maximum Gasteiger partial charge on any atom is 0.339 e. The maximum absolute atomic E-state index is 11.2. The Hall–Kier alpha value is -1.95. The molecule has 0 saturated carbocycles. The normalized spacial score (nSPS) is 11.9.